The highest BCUT2D eigenvalue weighted by Gasteiger charge is 2.21. The molecule has 106 valence electrons. The Morgan fingerprint density at radius 1 is 1.40 bits per heavy atom. The summed E-state index contributed by atoms with van der Waals surface area (Å²) in [5.74, 6) is 0.895. The molecule has 3 rings (SSSR count). The van der Waals surface area contributed by atoms with Crippen LogP contribution in [-0.2, 0) is 11.2 Å². The Hall–Kier alpha value is -1.92. The van der Waals surface area contributed by atoms with Crippen LogP contribution in [-0.4, -0.2) is 28.1 Å². The van der Waals surface area contributed by atoms with Crippen molar-refractivity contribution in [3.05, 3.63) is 30.1 Å². The minimum Gasteiger partial charge on any atom is -0.342 e. The molecule has 2 atom stereocenters. The predicted molar refractivity (Wildman–Crippen MR) is 76.7 cm³/mol. The lowest BCUT2D eigenvalue weighted by Crippen LogP contribution is -2.44. The van der Waals surface area contributed by atoms with Gasteiger partial charge in [-0.3, -0.25) is 10.2 Å². The number of aromatic nitrogens is 2. The van der Waals surface area contributed by atoms with Crippen molar-refractivity contribution in [3.8, 4) is 0 Å². The summed E-state index contributed by atoms with van der Waals surface area (Å²) < 4.78 is 0. The summed E-state index contributed by atoms with van der Waals surface area (Å²) >= 11 is 0. The molecular formula is C14H19N5O. The number of aromatic amines is 1. The van der Waals surface area contributed by atoms with E-state index in [0.717, 1.165) is 23.3 Å². The Bertz CT molecular complexity index is 575. The predicted octanol–water partition coefficient (Wildman–Crippen LogP) is 0.824. The highest BCUT2D eigenvalue weighted by Crippen LogP contribution is 2.11. The number of hydrazine groups is 1. The Kier molecular flexibility index (Phi) is 3.66. The summed E-state index contributed by atoms with van der Waals surface area (Å²) in [7, 11) is 0. The summed E-state index contributed by atoms with van der Waals surface area (Å²) in [5.41, 5.74) is 8.09. The van der Waals surface area contributed by atoms with Gasteiger partial charge >= 0.3 is 0 Å². The number of H-pyrrole nitrogens is 1. The molecule has 0 bridgehead atoms. The molecule has 6 nitrogen and oxygen atoms in total. The Morgan fingerprint density at radius 3 is 3.00 bits per heavy atom. The van der Waals surface area contributed by atoms with Gasteiger partial charge in [-0.2, -0.15) is 0 Å². The van der Waals surface area contributed by atoms with Crippen LogP contribution in [0.25, 0.3) is 11.0 Å². The third-order valence-corrected chi connectivity index (χ3v) is 3.46. The van der Waals surface area contributed by atoms with Gasteiger partial charge in [0.1, 0.15) is 5.82 Å². The first-order valence-corrected chi connectivity index (χ1v) is 6.95. The zero-order chi connectivity index (χ0) is 13.9. The van der Waals surface area contributed by atoms with Crippen LogP contribution >= 0.6 is 0 Å². The van der Waals surface area contributed by atoms with Gasteiger partial charge in [-0.25, -0.2) is 10.4 Å². The highest BCUT2D eigenvalue weighted by molar-refractivity contribution is 5.77. The number of fused-ring (bicyclic) bond motifs is 1. The van der Waals surface area contributed by atoms with Crippen molar-refractivity contribution in [1.29, 1.82) is 0 Å². The second-order valence-electron chi connectivity index (χ2n) is 5.25. The molecule has 1 aromatic carbocycles. The SMILES string of the molecule is CC1CC(NC(=O)CCc2nc3ccccc3[nH]2)NN1. The second-order valence-corrected chi connectivity index (χ2v) is 5.25. The largest absolute Gasteiger partial charge is 0.342 e. The van der Waals surface area contributed by atoms with Gasteiger partial charge in [-0.15, -0.1) is 0 Å². The van der Waals surface area contributed by atoms with E-state index in [9.17, 15) is 4.79 Å². The molecule has 2 heterocycles. The van der Waals surface area contributed by atoms with Gasteiger partial charge in [0, 0.05) is 18.9 Å². The van der Waals surface area contributed by atoms with E-state index in [0.29, 0.717) is 18.9 Å². The van der Waals surface area contributed by atoms with Crippen molar-refractivity contribution in [2.24, 2.45) is 0 Å². The van der Waals surface area contributed by atoms with Crippen molar-refractivity contribution in [2.45, 2.75) is 38.4 Å². The Morgan fingerprint density at radius 2 is 2.25 bits per heavy atom. The first-order chi connectivity index (χ1) is 9.70. The van der Waals surface area contributed by atoms with Crippen LogP contribution < -0.4 is 16.2 Å². The lowest BCUT2D eigenvalue weighted by atomic mass is 10.2. The standard InChI is InChI=1S/C14H19N5O/c1-9-8-13(19-18-9)17-14(20)7-6-12-15-10-4-2-3-5-11(10)16-12/h2-5,9,13,18-19H,6-8H2,1H3,(H,15,16)(H,17,20). The zero-order valence-electron chi connectivity index (χ0n) is 11.4. The molecule has 6 heteroatoms. The number of nitrogens with one attached hydrogen (secondary N) is 4. The smallest absolute Gasteiger partial charge is 0.221 e. The number of rotatable bonds is 4. The van der Waals surface area contributed by atoms with Gasteiger partial charge in [-0.1, -0.05) is 12.1 Å². The van der Waals surface area contributed by atoms with Gasteiger partial charge in [0.25, 0.3) is 0 Å². The Balaban J connectivity index is 1.52. The maximum absolute atomic E-state index is 11.9. The monoisotopic (exact) mass is 273 g/mol. The molecule has 0 aliphatic carbocycles. The number of carbonyl (C=O) groups excluding carboxylic acids is 1. The molecule has 1 aliphatic rings. The molecule has 1 amide bonds. The minimum absolute atomic E-state index is 0.0215. The number of hydrogen-bond acceptors (Lipinski definition) is 4. The first-order valence-electron chi connectivity index (χ1n) is 6.95. The van der Waals surface area contributed by atoms with Gasteiger partial charge in [0.2, 0.25) is 5.91 Å². The molecule has 2 unspecified atom stereocenters. The van der Waals surface area contributed by atoms with Crippen LogP contribution in [0.1, 0.15) is 25.6 Å². The van der Waals surface area contributed by atoms with E-state index in [-0.39, 0.29) is 12.1 Å². The van der Waals surface area contributed by atoms with Gasteiger partial charge < -0.3 is 10.3 Å². The number of benzene rings is 1. The fourth-order valence-corrected chi connectivity index (χ4v) is 2.43. The third-order valence-electron chi connectivity index (χ3n) is 3.46. The number of carbonyl (C=O) groups is 1. The summed E-state index contributed by atoms with van der Waals surface area (Å²) in [6.07, 6.45) is 1.98. The average Bonchev–Trinajstić information content (AvgIpc) is 3.02. The fourth-order valence-electron chi connectivity index (χ4n) is 2.43. The highest BCUT2D eigenvalue weighted by atomic mass is 16.1. The lowest BCUT2D eigenvalue weighted by Gasteiger charge is -2.11. The number of hydrogen-bond donors (Lipinski definition) is 4. The Labute approximate surface area is 117 Å². The first kappa shape index (κ1) is 13.1. The minimum atomic E-state index is 0.0215. The number of aryl methyl sites for hydroxylation is 1. The zero-order valence-corrected chi connectivity index (χ0v) is 11.4. The van der Waals surface area contributed by atoms with Crippen LogP contribution in [0, 0.1) is 0 Å². The molecule has 1 aliphatic heterocycles. The number of nitrogens with zero attached hydrogens (tertiary/aromatic N) is 1. The quantitative estimate of drug-likeness (QED) is 0.665. The van der Waals surface area contributed by atoms with Crippen LogP contribution in [0.2, 0.25) is 0 Å². The second kappa shape index (κ2) is 5.60. The van der Waals surface area contributed by atoms with Crippen LogP contribution in [0.15, 0.2) is 24.3 Å². The molecule has 1 saturated heterocycles. The van der Waals surface area contributed by atoms with Crippen molar-refractivity contribution < 1.29 is 4.79 Å². The molecule has 0 radical (unpaired) electrons. The van der Waals surface area contributed by atoms with Gasteiger partial charge in [-0.05, 0) is 25.5 Å². The molecule has 4 N–H and O–H groups in total. The van der Waals surface area contributed by atoms with Crippen molar-refractivity contribution >= 4 is 16.9 Å². The summed E-state index contributed by atoms with van der Waals surface area (Å²) in [5, 5.41) is 2.96. The summed E-state index contributed by atoms with van der Waals surface area (Å²) in [6.45, 7) is 2.08. The molecule has 1 aromatic heterocycles. The molecular weight excluding hydrogens is 254 g/mol. The van der Waals surface area contributed by atoms with Crippen LogP contribution in [0.3, 0.4) is 0 Å². The molecule has 20 heavy (non-hydrogen) atoms. The average molecular weight is 273 g/mol. The third kappa shape index (κ3) is 2.97. The molecule has 1 fully saturated rings. The fraction of sp³-hybridized carbons (Fsp3) is 0.429. The van der Waals surface area contributed by atoms with Crippen molar-refractivity contribution in [3.63, 3.8) is 0 Å². The van der Waals surface area contributed by atoms with E-state index in [1.165, 1.54) is 0 Å². The van der Waals surface area contributed by atoms with E-state index in [1.54, 1.807) is 0 Å². The maximum atomic E-state index is 11.9. The number of amides is 1. The molecule has 2 aromatic rings. The topological polar surface area (TPSA) is 81.8 Å². The number of imidazole rings is 1. The van der Waals surface area contributed by atoms with E-state index in [1.807, 2.05) is 24.3 Å². The summed E-state index contributed by atoms with van der Waals surface area (Å²) in [6, 6.07) is 8.26. The van der Waals surface area contributed by atoms with E-state index < -0.39 is 0 Å². The van der Waals surface area contributed by atoms with Gasteiger partial charge in [0.15, 0.2) is 0 Å². The molecule has 0 spiro atoms. The van der Waals surface area contributed by atoms with Gasteiger partial charge in [0.05, 0.1) is 17.2 Å². The normalized spacial score (nSPS) is 22.2. The van der Waals surface area contributed by atoms with Crippen LogP contribution in [0.5, 0.6) is 0 Å². The number of para-hydroxylation sites is 2. The maximum Gasteiger partial charge on any atom is 0.221 e. The van der Waals surface area contributed by atoms with E-state index in [4.69, 9.17) is 0 Å². The van der Waals surface area contributed by atoms with E-state index in [2.05, 4.69) is 33.1 Å². The van der Waals surface area contributed by atoms with E-state index >= 15 is 0 Å². The molecule has 0 saturated carbocycles. The van der Waals surface area contributed by atoms with Crippen molar-refractivity contribution in [1.82, 2.24) is 26.1 Å². The summed E-state index contributed by atoms with van der Waals surface area (Å²) in [4.78, 5) is 19.6. The lowest BCUT2D eigenvalue weighted by molar-refractivity contribution is -0.121. The van der Waals surface area contributed by atoms with Crippen molar-refractivity contribution in [2.75, 3.05) is 0 Å². The van der Waals surface area contributed by atoms with Crippen LogP contribution in [0.4, 0.5) is 0 Å².